The number of hydrogen-bond acceptors (Lipinski definition) is 7. The number of carboxylic acid groups (broad SMARTS) is 1. The predicted octanol–water partition coefficient (Wildman–Crippen LogP) is 0.574. The fraction of sp³-hybridized carbons (Fsp3) is 0.429. The molecule has 9 nitrogen and oxygen atoms in total. The SMILES string of the molecule is O=C(O)[C@H]1CN(C(=O)CCc2nc(-c3ccco3)no2)CCO1. The number of nitrogens with zero attached hydrogens (tertiary/aromatic N) is 3. The monoisotopic (exact) mass is 321 g/mol. The van der Waals surface area contributed by atoms with E-state index in [1.165, 1.54) is 11.2 Å². The molecule has 3 rings (SSSR count). The third kappa shape index (κ3) is 3.57. The summed E-state index contributed by atoms with van der Waals surface area (Å²) in [6, 6.07) is 3.42. The van der Waals surface area contributed by atoms with Gasteiger partial charge in [-0.05, 0) is 12.1 Å². The predicted molar refractivity (Wildman–Crippen MR) is 74.3 cm³/mol. The standard InChI is InChI=1S/C14H15N3O6/c18-12(17-5-7-22-10(8-17)14(19)20)4-3-11-15-13(16-23-11)9-2-1-6-21-9/h1-2,6,10H,3-5,7-8H2,(H,19,20)/t10-/m1/s1. The van der Waals surface area contributed by atoms with Crippen molar-refractivity contribution in [3.8, 4) is 11.6 Å². The molecule has 0 unspecified atom stereocenters. The summed E-state index contributed by atoms with van der Waals surface area (Å²) >= 11 is 0. The Hall–Kier alpha value is -2.68. The van der Waals surface area contributed by atoms with E-state index in [0.717, 1.165) is 0 Å². The van der Waals surface area contributed by atoms with Gasteiger partial charge in [-0.1, -0.05) is 5.16 Å². The number of carboxylic acids is 1. The number of aryl methyl sites for hydroxylation is 1. The first-order chi connectivity index (χ1) is 11.1. The van der Waals surface area contributed by atoms with Crippen LogP contribution in [0.25, 0.3) is 11.6 Å². The Labute approximate surface area is 130 Å². The molecule has 122 valence electrons. The van der Waals surface area contributed by atoms with E-state index in [-0.39, 0.29) is 31.9 Å². The minimum Gasteiger partial charge on any atom is -0.479 e. The molecule has 23 heavy (non-hydrogen) atoms. The molecule has 1 atom stereocenters. The Kier molecular flexibility index (Phi) is 4.38. The molecule has 0 aromatic carbocycles. The van der Waals surface area contributed by atoms with Crippen LogP contribution in [0.4, 0.5) is 0 Å². The van der Waals surface area contributed by atoms with E-state index in [4.69, 9.17) is 18.8 Å². The summed E-state index contributed by atoms with van der Waals surface area (Å²) in [6.45, 7) is 0.644. The van der Waals surface area contributed by atoms with E-state index in [2.05, 4.69) is 10.1 Å². The summed E-state index contributed by atoms with van der Waals surface area (Å²) in [7, 11) is 0. The highest BCUT2D eigenvalue weighted by molar-refractivity contribution is 5.78. The molecule has 1 N–H and O–H groups in total. The van der Waals surface area contributed by atoms with Crippen LogP contribution in [-0.2, 0) is 20.7 Å². The first-order valence-corrected chi connectivity index (χ1v) is 7.12. The quantitative estimate of drug-likeness (QED) is 0.849. The van der Waals surface area contributed by atoms with Crippen LogP contribution < -0.4 is 0 Å². The Morgan fingerprint density at radius 1 is 1.43 bits per heavy atom. The lowest BCUT2D eigenvalue weighted by molar-refractivity contribution is -0.159. The highest BCUT2D eigenvalue weighted by Gasteiger charge is 2.28. The van der Waals surface area contributed by atoms with Gasteiger partial charge in [-0.2, -0.15) is 4.98 Å². The van der Waals surface area contributed by atoms with Gasteiger partial charge in [0.05, 0.1) is 19.4 Å². The van der Waals surface area contributed by atoms with Gasteiger partial charge in [-0.3, -0.25) is 4.79 Å². The van der Waals surface area contributed by atoms with Crippen LogP contribution in [0.5, 0.6) is 0 Å². The third-order valence-corrected chi connectivity index (χ3v) is 3.46. The van der Waals surface area contributed by atoms with Crippen LogP contribution in [0.3, 0.4) is 0 Å². The highest BCUT2D eigenvalue weighted by Crippen LogP contribution is 2.16. The number of ether oxygens (including phenoxy) is 1. The summed E-state index contributed by atoms with van der Waals surface area (Å²) < 4.78 is 15.3. The van der Waals surface area contributed by atoms with Crippen LogP contribution in [0.2, 0.25) is 0 Å². The second-order valence-electron chi connectivity index (χ2n) is 5.03. The van der Waals surface area contributed by atoms with Gasteiger partial charge in [0, 0.05) is 19.4 Å². The molecule has 1 fully saturated rings. The summed E-state index contributed by atoms with van der Waals surface area (Å²) in [5.41, 5.74) is 0. The number of aliphatic carboxylic acids is 1. The Balaban J connectivity index is 1.54. The Bertz CT molecular complexity index is 681. The summed E-state index contributed by atoms with van der Waals surface area (Å²) in [4.78, 5) is 28.7. The van der Waals surface area contributed by atoms with E-state index >= 15 is 0 Å². The zero-order valence-electron chi connectivity index (χ0n) is 12.2. The summed E-state index contributed by atoms with van der Waals surface area (Å²) in [5.74, 6) is -0.0915. The molecule has 2 aromatic heterocycles. The maximum atomic E-state index is 12.1. The number of carbonyl (C=O) groups excluding carboxylic acids is 1. The van der Waals surface area contributed by atoms with Crippen molar-refractivity contribution in [2.75, 3.05) is 19.7 Å². The minimum atomic E-state index is -1.07. The van der Waals surface area contributed by atoms with Crippen molar-refractivity contribution in [3.63, 3.8) is 0 Å². The molecule has 0 saturated carbocycles. The van der Waals surface area contributed by atoms with Crippen LogP contribution in [0.15, 0.2) is 27.3 Å². The number of furan rings is 1. The first-order valence-electron chi connectivity index (χ1n) is 7.12. The zero-order chi connectivity index (χ0) is 16.2. The zero-order valence-corrected chi connectivity index (χ0v) is 12.2. The first kappa shape index (κ1) is 15.2. The molecule has 0 aliphatic carbocycles. The van der Waals surface area contributed by atoms with Gasteiger partial charge in [0.2, 0.25) is 17.6 Å². The molecule has 0 bridgehead atoms. The number of amides is 1. The van der Waals surface area contributed by atoms with Crippen molar-refractivity contribution >= 4 is 11.9 Å². The molecule has 3 heterocycles. The van der Waals surface area contributed by atoms with Gasteiger partial charge >= 0.3 is 5.97 Å². The fourth-order valence-corrected chi connectivity index (χ4v) is 2.26. The van der Waals surface area contributed by atoms with Crippen LogP contribution in [-0.4, -0.2) is 57.8 Å². The molecular weight excluding hydrogens is 306 g/mol. The average molecular weight is 321 g/mol. The van der Waals surface area contributed by atoms with Crippen molar-refractivity contribution in [2.24, 2.45) is 0 Å². The molecule has 1 amide bonds. The van der Waals surface area contributed by atoms with E-state index < -0.39 is 12.1 Å². The van der Waals surface area contributed by atoms with Crippen molar-refractivity contribution in [1.82, 2.24) is 15.0 Å². The molecule has 0 radical (unpaired) electrons. The lowest BCUT2D eigenvalue weighted by atomic mass is 10.2. The van der Waals surface area contributed by atoms with Gasteiger partial charge in [-0.15, -0.1) is 0 Å². The largest absolute Gasteiger partial charge is 0.479 e. The normalized spacial score (nSPS) is 18.1. The summed E-state index contributed by atoms with van der Waals surface area (Å²) in [6.07, 6.45) is 0.974. The lowest BCUT2D eigenvalue weighted by Gasteiger charge is -2.30. The number of carbonyl (C=O) groups is 2. The van der Waals surface area contributed by atoms with Gasteiger partial charge in [-0.25, -0.2) is 4.79 Å². The van der Waals surface area contributed by atoms with Gasteiger partial charge < -0.3 is 23.7 Å². The van der Waals surface area contributed by atoms with Crippen molar-refractivity contribution < 1.29 is 28.4 Å². The number of hydrogen-bond donors (Lipinski definition) is 1. The number of morpholine rings is 1. The second-order valence-corrected chi connectivity index (χ2v) is 5.03. The van der Waals surface area contributed by atoms with E-state index in [1.54, 1.807) is 12.1 Å². The van der Waals surface area contributed by atoms with E-state index in [9.17, 15) is 9.59 Å². The van der Waals surface area contributed by atoms with Crippen molar-refractivity contribution in [1.29, 1.82) is 0 Å². The third-order valence-electron chi connectivity index (χ3n) is 3.46. The van der Waals surface area contributed by atoms with E-state index in [0.29, 0.717) is 24.0 Å². The number of rotatable bonds is 5. The van der Waals surface area contributed by atoms with Crippen LogP contribution in [0.1, 0.15) is 12.3 Å². The lowest BCUT2D eigenvalue weighted by Crippen LogP contribution is -2.48. The summed E-state index contributed by atoms with van der Waals surface area (Å²) in [5, 5.41) is 12.7. The molecule has 1 aliphatic heterocycles. The molecule has 9 heteroatoms. The highest BCUT2D eigenvalue weighted by atomic mass is 16.5. The van der Waals surface area contributed by atoms with Crippen molar-refractivity contribution in [2.45, 2.75) is 18.9 Å². The number of aromatic nitrogens is 2. The average Bonchev–Trinajstić information content (AvgIpc) is 3.23. The van der Waals surface area contributed by atoms with Gasteiger partial charge in [0.1, 0.15) is 0 Å². The van der Waals surface area contributed by atoms with Crippen molar-refractivity contribution in [3.05, 3.63) is 24.3 Å². The van der Waals surface area contributed by atoms with Crippen LogP contribution >= 0.6 is 0 Å². The molecule has 2 aromatic rings. The van der Waals surface area contributed by atoms with Gasteiger partial charge in [0.15, 0.2) is 11.9 Å². The smallest absolute Gasteiger partial charge is 0.334 e. The molecule has 0 spiro atoms. The molecule has 1 aliphatic rings. The topological polar surface area (TPSA) is 119 Å². The minimum absolute atomic E-state index is 0.0512. The Morgan fingerprint density at radius 2 is 2.30 bits per heavy atom. The fourth-order valence-electron chi connectivity index (χ4n) is 2.26. The maximum absolute atomic E-state index is 12.1. The van der Waals surface area contributed by atoms with E-state index in [1.807, 2.05) is 0 Å². The Morgan fingerprint density at radius 3 is 3.04 bits per heavy atom. The molecule has 1 saturated heterocycles. The van der Waals surface area contributed by atoms with Gasteiger partial charge in [0.25, 0.3) is 0 Å². The maximum Gasteiger partial charge on any atom is 0.334 e. The molecular formula is C14H15N3O6. The second kappa shape index (κ2) is 6.61. The van der Waals surface area contributed by atoms with Crippen LogP contribution in [0, 0.1) is 0 Å².